The van der Waals surface area contributed by atoms with Crippen molar-refractivity contribution in [2.75, 3.05) is 17.7 Å². The van der Waals surface area contributed by atoms with Crippen molar-refractivity contribution in [3.05, 3.63) is 70.8 Å². The summed E-state index contributed by atoms with van der Waals surface area (Å²) in [4.78, 5) is 20.2. The third-order valence-corrected chi connectivity index (χ3v) is 3.79. The van der Waals surface area contributed by atoms with Crippen LogP contribution in [-0.4, -0.2) is 23.0 Å². The number of hydrogen-bond acceptors (Lipinski definition) is 6. The molecular formula is C18H15BrN4O2. The van der Waals surface area contributed by atoms with Gasteiger partial charge in [-0.3, -0.25) is 0 Å². The number of halogens is 1. The maximum Gasteiger partial charge on any atom is 0.337 e. The number of carbonyl (C=O) groups is 1. The van der Waals surface area contributed by atoms with Crippen LogP contribution in [0.5, 0.6) is 0 Å². The highest BCUT2D eigenvalue weighted by Gasteiger charge is 2.06. The fourth-order valence-electron chi connectivity index (χ4n) is 2.17. The van der Waals surface area contributed by atoms with Gasteiger partial charge in [-0.05, 0) is 42.5 Å². The van der Waals surface area contributed by atoms with Crippen LogP contribution in [0.15, 0.2) is 65.3 Å². The lowest BCUT2D eigenvalue weighted by molar-refractivity contribution is 0.0601. The summed E-state index contributed by atoms with van der Waals surface area (Å²) >= 11 is 3.43. The minimum Gasteiger partial charge on any atom is -0.465 e. The van der Waals surface area contributed by atoms with Gasteiger partial charge >= 0.3 is 5.97 Å². The van der Waals surface area contributed by atoms with Gasteiger partial charge in [-0.25, -0.2) is 9.78 Å². The van der Waals surface area contributed by atoms with E-state index in [1.54, 1.807) is 30.5 Å². The van der Waals surface area contributed by atoms with E-state index in [1.165, 1.54) is 7.11 Å². The summed E-state index contributed by atoms with van der Waals surface area (Å²) in [5, 5.41) is 6.30. The number of methoxy groups -OCH3 is 1. The zero-order chi connectivity index (χ0) is 17.6. The van der Waals surface area contributed by atoms with E-state index < -0.39 is 0 Å². The first-order valence-corrected chi connectivity index (χ1v) is 8.24. The monoisotopic (exact) mass is 398 g/mol. The van der Waals surface area contributed by atoms with Crippen LogP contribution in [0.1, 0.15) is 10.4 Å². The summed E-state index contributed by atoms with van der Waals surface area (Å²) in [7, 11) is 1.35. The Morgan fingerprint density at radius 3 is 2.56 bits per heavy atom. The van der Waals surface area contributed by atoms with Gasteiger partial charge in [0, 0.05) is 22.0 Å². The zero-order valence-electron chi connectivity index (χ0n) is 13.4. The maximum absolute atomic E-state index is 11.6. The van der Waals surface area contributed by atoms with Gasteiger partial charge in [-0.2, -0.15) is 4.98 Å². The largest absolute Gasteiger partial charge is 0.465 e. The van der Waals surface area contributed by atoms with E-state index in [9.17, 15) is 4.79 Å². The molecule has 0 aliphatic heterocycles. The first-order valence-electron chi connectivity index (χ1n) is 7.45. The molecule has 25 heavy (non-hydrogen) atoms. The molecular weight excluding hydrogens is 384 g/mol. The van der Waals surface area contributed by atoms with Gasteiger partial charge in [0.15, 0.2) is 0 Å². The van der Waals surface area contributed by atoms with Crippen molar-refractivity contribution in [1.82, 2.24) is 9.97 Å². The van der Waals surface area contributed by atoms with Crippen LogP contribution in [0, 0.1) is 0 Å². The van der Waals surface area contributed by atoms with Crippen LogP contribution in [0.4, 0.5) is 23.1 Å². The molecule has 1 aromatic heterocycles. The SMILES string of the molecule is COC(=O)c1cccc(Nc2ccnc(Nc3cccc(Br)c3)n2)c1. The van der Waals surface area contributed by atoms with Gasteiger partial charge < -0.3 is 15.4 Å². The normalized spacial score (nSPS) is 10.2. The number of anilines is 4. The van der Waals surface area contributed by atoms with Crippen molar-refractivity contribution < 1.29 is 9.53 Å². The smallest absolute Gasteiger partial charge is 0.337 e. The quantitative estimate of drug-likeness (QED) is 0.615. The zero-order valence-corrected chi connectivity index (χ0v) is 14.9. The standard InChI is InChI=1S/C18H15BrN4O2/c1-25-17(24)12-4-2-6-14(10-12)21-16-8-9-20-18(23-16)22-15-7-3-5-13(19)11-15/h2-11H,1H3,(H2,20,21,22,23). The maximum atomic E-state index is 11.6. The van der Waals surface area contributed by atoms with Gasteiger partial charge in [-0.1, -0.05) is 28.1 Å². The summed E-state index contributed by atoms with van der Waals surface area (Å²) in [6.07, 6.45) is 1.65. The molecule has 0 radical (unpaired) electrons. The molecule has 2 N–H and O–H groups in total. The number of ether oxygens (including phenoxy) is 1. The highest BCUT2D eigenvalue weighted by Crippen LogP contribution is 2.21. The molecule has 0 aliphatic carbocycles. The van der Waals surface area contributed by atoms with Gasteiger partial charge in [0.25, 0.3) is 0 Å². The number of carbonyl (C=O) groups excluding carboxylic acids is 1. The Balaban J connectivity index is 1.77. The molecule has 0 aliphatic rings. The number of benzene rings is 2. The fourth-order valence-corrected chi connectivity index (χ4v) is 2.57. The molecule has 6 nitrogen and oxygen atoms in total. The molecule has 0 saturated carbocycles. The van der Waals surface area contributed by atoms with E-state index in [0.717, 1.165) is 15.8 Å². The number of esters is 1. The van der Waals surface area contributed by atoms with Crippen LogP contribution >= 0.6 is 15.9 Å². The third-order valence-electron chi connectivity index (χ3n) is 3.29. The van der Waals surface area contributed by atoms with E-state index >= 15 is 0 Å². The Kier molecular flexibility index (Phi) is 5.25. The van der Waals surface area contributed by atoms with Crippen molar-refractivity contribution in [2.24, 2.45) is 0 Å². The molecule has 1 heterocycles. The lowest BCUT2D eigenvalue weighted by atomic mass is 10.2. The Labute approximate surface area is 153 Å². The van der Waals surface area contributed by atoms with E-state index in [1.807, 2.05) is 30.3 Å². The predicted octanol–water partition coefficient (Wildman–Crippen LogP) is 4.51. The molecule has 0 fully saturated rings. The minimum atomic E-state index is -0.386. The molecule has 126 valence electrons. The fraction of sp³-hybridized carbons (Fsp3) is 0.0556. The van der Waals surface area contributed by atoms with E-state index in [0.29, 0.717) is 17.3 Å². The Morgan fingerprint density at radius 2 is 1.80 bits per heavy atom. The van der Waals surface area contributed by atoms with Crippen LogP contribution in [0.25, 0.3) is 0 Å². The summed E-state index contributed by atoms with van der Waals surface area (Å²) < 4.78 is 5.69. The second kappa shape index (κ2) is 7.76. The van der Waals surface area contributed by atoms with Crippen molar-refractivity contribution in [3.63, 3.8) is 0 Å². The molecule has 0 saturated heterocycles. The summed E-state index contributed by atoms with van der Waals surface area (Å²) in [6.45, 7) is 0. The highest BCUT2D eigenvalue weighted by atomic mass is 79.9. The van der Waals surface area contributed by atoms with E-state index in [-0.39, 0.29) is 5.97 Å². The number of nitrogens with zero attached hydrogens (tertiary/aromatic N) is 2. The van der Waals surface area contributed by atoms with E-state index in [4.69, 9.17) is 4.74 Å². The average Bonchev–Trinajstić information content (AvgIpc) is 2.61. The topological polar surface area (TPSA) is 76.1 Å². The third kappa shape index (κ3) is 4.54. The molecule has 0 amide bonds. The van der Waals surface area contributed by atoms with Gasteiger partial charge in [0.2, 0.25) is 5.95 Å². The number of rotatable bonds is 5. The molecule has 7 heteroatoms. The van der Waals surface area contributed by atoms with Crippen molar-refractivity contribution in [3.8, 4) is 0 Å². The lowest BCUT2D eigenvalue weighted by Gasteiger charge is -2.09. The molecule has 3 aromatic rings. The molecule has 0 atom stereocenters. The van der Waals surface area contributed by atoms with Crippen LogP contribution in [-0.2, 0) is 4.74 Å². The van der Waals surface area contributed by atoms with Gasteiger partial charge in [-0.15, -0.1) is 0 Å². The van der Waals surface area contributed by atoms with E-state index in [2.05, 4.69) is 36.5 Å². The summed E-state index contributed by atoms with van der Waals surface area (Å²) in [6, 6.07) is 16.5. The molecule has 3 rings (SSSR count). The summed E-state index contributed by atoms with van der Waals surface area (Å²) in [5.74, 6) is 0.685. The molecule has 0 unspecified atom stereocenters. The highest BCUT2D eigenvalue weighted by molar-refractivity contribution is 9.10. The Bertz CT molecular complexity index is 902. The summed E-state index contributed by atoms with van der Waals surface area (Å²) in [5.41, 5.74) is 2.07. The van der Waals surface area contributed by atoms with Crippen LogP contribution in [0.3, 0.4) is 0 Å². The first kappa shape index (κ1) is 16.9. The van der Waals surface area contributed by atoms with Crippen LogP contribution < -0.4 is 10.6 Å². The molecule has 0 spiro atoms. The first-order chi connectivity index (χ1) is 12.1. The van der Waals surface area contributed by atoms with Crippen LogP contribution in [0.2, 0.25) is 0 Å². The van der Waals surface area contributed by atoms with Crippen molar-refractivity contribution >= 4 is 45.0 Å². The van der Waals surface area contributed by atoms with Crippen molar-refractivity contribution in [2.45, 2.75) is 0 Å². The molecule has 2 aromatic carbocycles. The van der Waals surface area contributed by atoms with Gasteiger partial charge in [0.05, 0.1) is 12.7 Å². The molecule has 0 bridgehead atoms. The Hall–Kier alpha value is -2.93. The predicted molar refractivity (Wildman–Crippen MR) is 101 cm³/mol. The number of nitrogens with one attached hydrogen (secondary N) is 2. The Morgan fingerprint density at radius 1 is 1.04 bits per heavy atom. The number of hydrogen-bond donors (Lipinski definition) is 2. The number of aromatic nitrogens is 2. The second-order valence-corrected chi connectivity index (χ2v) is 6.01. The minimum absolute atomic E-state index is 0.386. The van der Waals surface area contributed by atoms with Crippen molar-refractivity contribution in [1.29, 1.82) is 0 Å². The second-order valence-electron chi connectivity index (χ2n) is 5.10. The lowest BCUT2D eigenvalue weighted by Crippen LogP contribution is -2.03. The average molecular weight is 399 g/mol. The van der Waals surface area contributed by atoms with Gasteiger partial charge in [0.1, 0.15) is 5.82 Å².